The zero-order chi connectivity index (χ0) is 20.1. The summed E-state index contributed by atoms with van der Waals surface area (Å²) < 4.78 is 0. The monoisotopic (exact) mass is 381 g/mol. The van der Waals surface area contributed by atoms with E-state index in [-0.39, 0.29) is 5.91 Å². The zero-order valence-electron chi connectivity index (χ0n) is 15.9. The molecule has 0 unspecified atom stereocenters. The molecule has 142 valence electrons. The molecule has 0 saturated heterocycles. The first-order valence-corrected chi connectivity index (χ1v) is 9.16. The molecule has 4 rings (SSSR count). The molecule has 4 aromatic rings. The van der Waals surface area contributed by atoms with Crippen LogP contribution in [0.1, 0.15) is 15.9 Å². The highest BCUT2D eigenvalue weighted by atomic mass is 16.1. The van der Waals surface area contributed by atoms with Gasteiger partial charge in [-0.05, 0) is 55.5 Å². The summed E-state index contributed by atoms with van der Waals surface area (Å²) in [5, 5.41) is 2.96. The minimum absolute atomic E-state index is 0.159. The molecule has 0 radical (unpaired) electrons. The lowest BCUT2D eigenvalue weighted by atomic mass is 10.1. The SMILES string of the molecule is Cc1ccc(C(=O)Nc2cccc(N(c3ccncc3)c3ncccn3)c2)cc1. The third kappa shape index (κ3) is 4.27. The lowest BCUT2D eigenvalue weighted by Crippen LogP contribution is -2.15. The van der Waals surface area contributed by atoms with E-state index in [9.17, 15) is 4.79 Å². The average molecular weight is 381 g/mol. The van der Waals surface area contributed by atoms with Gasteiger partial charge >= 0.3 is 0 Å². The number of carbonyl (C=O) groups excluding carboxylic acids is 1. The van der Waals surface area contributed by atoms with E-state index in [1.54, 1.807) is 30.9 Å². The van der Waals surface area contributed by atoms with Gasteiger partial charge in [0, 0.05) is 36.0 Å². The molecule has 0 aliphatic rings. The van der Waals surface area contributed by atoms with Crippen molar-refractivity contribution >= 4 is 28.9 Å². The molecule has 6 nitrogen and oxygen atoms in total. The summed E-state index contributed by atoms with van der Waals surface area (Å²) in [5.74, 6) is 0.370. The second kappa shape index (κ2) is 8.31. The van der Waals surface area contributed by atoms with Gasteiger partial charge in [-0.1, -0.05) is 23.8 Å². The number of nitrogens with one attached hydrogen (secondary N) is 1. The third-order valence-electron chi connectivity index (χ3n) is 4.35. The van der Waals surface area contributed by atoms with Crippen molar-refractivity contribution in [3.05, 3.63) is 103 Å². The van der Waals surface area contributed by atoms with Gasteiger partial charge in [-0.3, -0.25) is 14.7 Å². The molecule has 0 fully saturated rings. The molecule has 1 N–H and O–H groups in total. The number of rotatable bonds is 5. The molecule has 2 aromatic heterocycles. The molecule has 2 heterocycles. The van der Waals surface area contributed by atoms with Gasteiger partial charge in [-0.15, -0.1) is 0 Å². The average Bonchev–Trinajstić information content (AvgIpc) is 2.76. The number of carbonyl (C=O) groups is 1. The number of aromatic nitrogens is 3. The Labute approximate surface area is 168 Å². The van der Waals surface area contributed by atoms with Crippen LogP contribution in [0.15, 0.2) is 91.5 Å². The topological polar surface area (TPSA) is 71.0 Å². The zero-order valence-corrected chi connectivity index (χ0v) is 15.9. The lowest BCUT2D eigenvalue weighted by Gasteiger charge is -2.23. The van der Waals surface area contributed by atoms with Crippen LogP contribution in [0.3, 0.4) is 0 Å². The van der Waals surface area contributed by atoms with Crippen molar-refractivity contribution in [3.8, 4) is 0 Å². The van der Waals surface area contributed by atoms with E-state index in [0.717, 1.165) is 16.9 Å². The van der Waals surface area contributed by atoms with E-state index in [1.807, 2.05) is 72.5 Å². The molecule has 0 aliphatic heterocycles. The fourth-order valence-electron chi connectivity index (χ4n) is 2.91. The van der Waals surface area contributed by atoms with Crippen molar-refractivity contribution in [2.75, 3.05) is 10.2 Å². The van der Waals surface area contributed by atoms with Crippen molar-refractivity contribution in [2.24, 2.45) is 0 Å². The van der Waals surface area contributed by atoms with Gasteiger partial charge < -0.3 is 5.32 Å². The number of anilines is 4. The molecule has 1 amide bonds. The first kappa shape index (κ1) is 18.3. The predicted octanol–water partition coefficient (Wildman–Crippen LogP) is 4.90. The fourth-order valence-corrected chi connectivity index (χ4v) is 2.91. The van der Waals surface area contributed by atoms with Crippen molar-refractivity contribution in [1.82, 2.24) is 15.0 Å². The molecule has 0 aliphatic carbocycles. The number of pyridine rings is 1. The maximum Gasteiger partial charge on any atom is 0.255 e. The smallest absolute Gasteiger partial charge is 0.255 e. The summed E-state index contributed by atoms with van der Waals surface area (Å²) in [5.41, 5.74) is 4.10. The van der Waals surface area contributed by atoms with Gasteiger partial charge in [0.05, 0.1) is 11.4 Å². The molecule has 0 atom stereocenters. The minimum atomic E-state index is -0.159. The first-order chi connectivity index (χ1) is 14.2. The van der Waals surface area contributed by atoms with Crippen LogP contribution in [0, 0.1) is 6.92 Å². The first-order valence-electron chi connectivity index (χ1n) is 9.16. The maximum absolute atomic E-state index is 12.6. The summed E-state index contributed by atoms with van der Waals surface area (Å²) in [6.45, 7) is 1.99. The summed E-state index contributed by atoms with van der Waals surface area (Å²) in [6.07, 6.45) is 6.82. The molecular weight excluding hydrogens is 362 g/mol. The summed E-state index contributed by atoms with van der Waals surface area (Å²) in [4.78, 5) is 27.4. The van der Waals surface area contributed by atoms with E-state index in [1.165, 1.54) is 0 Å². The molecule has 29 heavy (non-hydrogen) atoms. The van der Waals surface area contributed by atoms with Gasteiger partial charge in [-0.25, -0.2) is 9.97 Å². The number of hydrogen-bond acceptors (Lipinski definition) is 5. The van der Waals surface area contributed by atoms with Crippen LogP contribution in [0.2, 0.25) is 0 Å². The van der Waals surface area contributed by atoms with Crippen molar-refractivity contribution < 1.29 is 4.79 Å². The van der Waals surface area contributed by atoms with Crippen LogP contribution < -0.4 is 10.2 Å². The minimum Gasteiger partial charge on any atom is -0.322 e. The standard InChI is InChI=1S/C23H19N5O/c1-17-6-8-18(9-7-17)22(29)27-19-4-2-5-21(16-19)28(20-10-14-24-15-11-20)23-25-12-3-13-26-23/h2-16H,1H3,(H,27,29). The van der Waals surface area contributed by atoms with Gasteiger partial charge in [0.1, 0.15) is 0 Å². The van der Waals surface area contributed by atoms with Crippen molar-refractivity contribution in [3.63, 3.8) is 0 Å². The van der Waals surface area contributed by atoms with Crippen LogP contribution >= 0.6 is 0 Å². The highest BCUT2D eigenvalue weighted by Gasteiger charge is 2.15. The Morgan fingerprint density at radius 3 is 2.28 bits per heavy atom. The maximum atomic E-state index is 12.6. The van der Waals surface area contributed by atoms with E-state index in [4.69, 9.17) is 0 Å². The van der Waals surface area contributed by atoms with Crippen molar-refractivity contribution in [1.29, 1.82) is 0 Å². The number of amides is 1. The Balaban J connectivity index is 1.66. The van der Waals surface area contributed by atoms with Gasteiger partial charge in [0.2, 0.25) is 5.95 Å². The molecule has 0 bridgehead atoms. The molecule has 0 saturated carbocycles. The van der Waals surface area contributed by atoms with Crippen LogP contribution in [-0.4, -0.2) is 20.9 Å². The van der Waals surface area contributed by atoms with Crippen LogP contribution in [0.25, 0.3) is 0 Å². The Kier molecular flexibility index (Phi) is 5.25. The lowest BCUT2D eigenvalue weighted by molar-refractivity contribution is 0.102. The Morgan fingerprint density at radius 2 is 1.55 bits per heavy atom. The number of hydrogen-bond donors (Lipinski definition) is 1. The normalized spacial score (nSPS) is 10.4. The summed E-state index contributed by atoms with van der Waals surface area (Å²) in [6, 6.07) is 20.6. The molecular formula is C23H19N5O. The fraction of sp³-hybridized carbons (Fsp3) is 0.0435. The van der Waals surface area contributed by atoms with Gasteiger partial charge in [0.25, 0.3) is 5.91 Å². The second-order valence-corrected chi connectivity index (χ2v) is 6.46. The van der Waals surface area contributed by atoms with Gasteiger partial charge in [-0.2, -0.15) is 0 Å². The molecule has 6 heteroatoms. The predicted molar refractivity (Wildman–Crippen MR) is 114 cm³/mol. The summed E-state index contributed by atoms with van der Waals surface area (Å²) >= 11 is 0. The van der Waals surface area contributed by atoms with Gasteiger partial charge in [0.15, 0.2) is 0 Å². The van der Waals surface area contributed by atoms with Crippen LogP contribution in [0.5, 0.6) is 0 Å². The van der Waals surface area contributed by atoms with E-state index in [2.05, 4.69) is 20.3 Å². The highest BCUT2D eigenvalue weighted by molar-refractivity contribution is 6.04. The largest absolute Gasteiger partial charge is 0.322 e. The van der Waals surface area contributed by atoms with E-state index >= 15 is 0 Å². The third-order valence-corrected chi connectivity index (χ3v) is 4.35. The van der Waals surface area contributed by atoms with E-state index in [0.29, 0.717) is 17.2 Å². The van der Waals surface area contributed by atoms with Crippen LogP contribution in [0.4, 0.5) is 23.0 Å². The van der Waals surface area contributed by atoms with E-state index < -0.39 is 0 Å². The van der Waals surface area contributed by atoms with Crippen molar-refractivity contribution in [2.45, 2.75) is 6.92 Å². The Hall–Kier alpha value is -4.06. The highest BCUT2D eigenvalue weighted by Crippen LogP contribution is 2.32. The molecule has 0 spiro atoms. The second-order valence-electron chi connectivity index (χ2n) is 6.46. The Morgan fingerprint density at radius 1 is 0.828 bits per heavy atom. The Bertz CT molecular complexity index is 1060. The quantitative estimate of drug-likeness (QED) is 0.532. The number of benzene rings is 2. The summed E-state index contributed by atoms with van der Waals surface area (Å²) in [7, 11) is 0. The number of nitrogens with zero attached hydrogens (tertiary/aromatic N) is 4. The molecule has 2 aromatic carbocycles. The van der Waals surface area contributed by atoms with Crippen LogP contribution in [-0.2, 0) is 0 Å². The number of aryl methyl sites for hydroxylation is 1.